The van der Waals surface area contributed by atoms with E-state index in [1.54, 1.807) is 18.2 Å². The Labute approximate surface area is 145 Å². The molecule has 4 nitrogen and oxygen atoms in total. The fourth-order valence-electron chi connectivity index (χ4n) is 2.09. The molecule has 0 radical (unpaired) electrons. The van der Waals surface area contributed by atoms with Gasteiger partial charge in [0.1, 0.15) is 17.3 Å². The molecule has 0 aliphatic rings. The predicted molar refractivity (Wildman–Crippen MR) is 92.8 cm³/mol. The van der Waals surface area contributed by atoms with E-state index in [1.165, 1.54) is 25.3 Å². The summed E-state index contributed by atoms with van der Waals surface area (Å²) in [5.74, 6) is -1.20. The molecule has 0 saturated carbocycles. The molecule has 0 atom stereocenters. The number of methoxy groups -OCH3 is 1. The van der Waals surface area contributed by atoms with Crippen molar-refractivity contribution in [3.63, 3.8) is 0 Å². The van der Waals surface area contributed by atoms with Crippen LogP contribution in [0, 0.1) is 11.6 Å². The summed E-state index contributed by atoms with van der Waals surface area (Å²) in [6, 6.07) is 8.54. The number of nitrogens with one attached hydrogen (secondary N) is 1. The third kappa shape index (κ3) is 5.04. The fourth-order valence-corrected chi connectivity index (χ4v) is 2.09. The molecule has 0 spiro atoms. The van der Waals surface area contributed by atoms with E-state index in [4.69, 9.17) is 9.47 Å². The first kappa shape index (κ1) is 18.4. The molecule has 6 heteroatoms. The van der Waals surface area contributed by atoms with Gasteiger partial charge in [-0.3, -0.25) is 4.79 Å². The number of anilines is 1. The Kier molecular flexibility index (Phi) is 6.11. The molecule has 0 aromatic heterocycles. The van der Waals surface area contributed by atoms with E-state index in [1.807, 2.05) is 13.8 Å². The minimum atomic E-state index is -0.835. The summed E-state index contributed by atoms with van der Waals surface area (Å²) in [6.45, 7) is 3.80. The van der Waals surface area contributed by atoms with Gasteiger partial charge >= 0.3 is 0 Å². The minimum absolute atomic E-state index is 0.00302. The molecule has 0 aliphatic carbocycles. The summed E-state index contributed by atoms with van der Waals surface area (Å²) in [5, 5.41) is 2.18. The van der Waals surface area contributed by atoms with Crippen LogP contribution in [0.5, 0.6) is 11.5 Å². The van der Waals surface area contributed by atoms with Crippen LogP contribution in [0.3, 0.4) is 0 Å². The summed E-state index contributed by atoms with van der Waals surface area (Å²) >= 11 is 0. The second kappa shape index (κ2) is 8.28. The van der Waals surface area contributed by atoms with Crippen molar-refractivity contribution >= 4 is 17.7 Å². The van der Waals surface area contributed by atoms with Crippen LogP contribution < -0.4 is 14.8 Å². The van der Waals surface area contributed by atoms with Crippen LogP contribution in [0.1, 0.15) is 19.4 Å². The van der Waals surface area contributed by atoms with E-state index in [0.29, 0.717) is 17.1 Å². The predicted octanol–water partition coefficient (Wildman–Crippen LogP) is 4.41. The van der Waals surface area contributed by atoms with Crippen LogP contribution >= 0.6 is 0 Å². The number of rotatable bonds is 6. The van der Waals surface area contributed by atoms with E-state index >= 15 is 0 Å². The van der Waals surface area contributed by atoms with Gasteiger partial charge in [-0.1, -0.05) is 12.1 Å². The number of para-hydroxylation sites is 1. The molecule has 0 unspecified atom stereocenters. The van der Waals surface area contributed by atoms with E-state index in [2.05, 4.69) is 5.32 Å². The molecule has 0 aliphatic heterocycles. The minimum Gasteiger partial charge on any atom is -0.493 e. The van der Waals surface area contributed by atoms with Crippen molar-refractivity contribution in [2.24, 2.45) is 0 Å². The van der Waals surface area contributed by atoms with Crippen LogP contribution in [0.2, 0.25) is 0 Å². The molecule has 1 amide bonds. The molecule has 1 N–H and O–H groups in total. The summed E-state index contributed by atoms with van der Waals surface area (Å²) in [6.07, 6.45) is 2.69. The second-order valence-corrected chi connectivity index (χ2v) is 5.50. The standard InChI is InChI=1S/C19H19F2NO3/c1-12(2)25-16-9-7-13(11-17(16)24-3)8-10-18(23)22-19-14(20)5-4-6-15(19)21/h4-12H,1-3H3,(H,22,23)/b10-8+. The summed E-state index contributed by atoms with van der Waals surface area (Å²) in [7, 11) is 1.52. The topological polar surface area (TPSA) is 47.6 Å². The molecule has 2 aromatic rings. The van der Waals surface area contributed by atoms with Crippen molar-refractivity contribution in [1.82, 2.24) is 0 Å². The van der Waals surface area contributed by atoms with Gasteiger partial charge in [0, 0.05) is 6.08 Å². The SMILES string of the molecule is COc1cc(/C=C/C(=O)Nc2c(F)cccc2F)ccc1OC(C)C. The van der Waals surface area contributed by atoms with E-state index in [0.717, 1.165) is 12.1 Å². The molecule has 0 saturated heterocycles. The van der Waals surface area contributed by atoms with E-state index < -0.39 is 23.2 Å². The lowest BCUT2D eigenvalue weighted by Gasteiger charge is -2.13. The van der Waals surface area contributed by atoms with E-state index in [9.17, 15) is 13.6 Å². The van der Waals surface area contributed by atoms with Gasteiger partial charge in [0.25, 0.3) is 0 Å². The van der Waals surface area contributed by atoms with Crippen molar-refractivity contribution in [2.45, 2.75) is 20.0 Å². The van der Waals surface area contributed by atoms with E-state index in [-0.39, 0.29) is 6.10 Å². The highest BCUT2D eigenvalue weighted by atomic mass is 19.1. The maximum atomic E-state index is 13.5. The van der Waals surface area contributed by atoms with Crippen molar-refractivity contribution in [2.75, 3.05) is 12.4 Å². The average molecular weight is 347 g/mol. The zero-order valence-corrected chi connectivity index (χ0v) is 14.2. The van der Waals surface area contributed by atoms with Crippen LogP contribution in [-0.4, -0.2) is 19.1 Å². The lowest BCUT2D eigenvalue weighted by molar-refractivity contribution is -0.111. The summed E-state index contributed by atoms with van der Waals surface area (Å²) < 4.78 is 37.9. The molecule has 2 rings (SSSR count). The number of ether oxygens (including phenoxy) is 2. The van der Waals surface area contributed by atoms with Gasteiger partial charge in [0.15, 0.2) is 11.5 Å². The van der Waals surface area contributed by atoms with Crippen molar-refractivity contribution in [3.05, 3.63) is 59.7 Å². The van der Waals surface area contributed by atoms with Gasteiger partial charge in [-0.25, -0.2) is 8.78 Å². The van der Waals surface area contributed by atoms with Gasteiger partial charge < -0.3 is 14.8 Å². The molecular formula is C19H19F2NO3. The Morgan fingerprint density at radius 2 is 1.80 bits per heavy atom. The first-order valence-electron chi connectivity index (χ1n) is 7.68. The van der Waals surface area contributed by atoms with Crippen LogP contribution in [0.25, 0.3) is 6.08 Å². The maximum absolute atomic E-state index is 13.5. The number of amides is 1. The summed E-state index contributed by atoms with van der Waals surface area (Å²) in [4.78, 5) is 11.9. The first-order chi connectivity index (χ1) is 11.9. The summed E-state index contributed by atoms with van der Waals surface area (Å²) in [5.41, 5.74) is 0.201. The number of carbonyl (C=O) groups excluding carboxylic acids is 1. The average Bonchev–Trinajstić information content (AvgIpc) is 2.57. The number of carbonyl (C=O) groups is 1. The van der Waals surface area contributed by atoms with Gasteiger partial charge in [-0.05, 0) is 49.8 Å². The Balaban J connectivity index is 2.12. The number of benzene rings is 2. The zero-order valence-electron chi connectivity index (χ0n) is 14.2. The third-order valence-corrected chi connectivity index (χ3v) is 3.19. The van der Waals surface area contributed by atoms with Gasteiger partial charge in [-0.15, -0.1) is 0 Å². The molecule has 132 valence electrons. The molecule has 0 bridgehead atoms. The van der Waals surface area contributed by atoms with Crippen LogP contribution in [-0.2, 0) is 4.79 Å². The highest BCUT2D eigenvalue weighted by Gasteiger charge is 2.10. The highest BCUT2D eigenvalue weighted by Crippen LogP contribution is 2.29. The Hall–Kier alpha value is -2.89. The van der Waals surface area contributed by atoms with Crippen molar-refractivity contribution in [1.29, 1.82) is 0 Å². The van der Waals surface area contributed by atoms with Gasteiger partial charge in [0.2, 0.25) is 5.91 Å². The maximum Gasteiger partial charge on any atom is 0.248 e. The Bertz CT molecular complexity index is 768. The van der Waals surface area contributed by atoms with Crippen molar-refractivity contribution < 1.29 is 23.0 Å². The van der Waals surface area contributed by atoms with Crippen LogP contribution in [0.15, 0.2) is 42.5 Å². The van der Waals surface area contributed by atoms with Crippen LogP contribution in [0.4, 0.5) is 14.5 Å². The lowest BCUT2D eigenvalue weighted by atomic mass is 10.2. The fraction of sp³-hybridized carbons (Fsp3) is 0.211. The van der Waals surface area contributed by atoms with Gasteiger partial charge in [-0.2, -0.15) is 0 Å². The highest BCUT2D eigenvalue weighted by molar-refractivity contribution is 6.02. The smallest absolute Gasteiger partial charge is 0.248 e. The first-order valence-corrected chi connectivity index (χ1v) is 7.68. The number of hydrogen-bond donors (Lipinski definition) is 1. The molecular weight excluding hydrogens is 328 g/mol. The quantitative estimate of drug-likeness (QED) is 0.787. The molecule has 0 heterocycles. The normalized spacial score (nSPS) is 11.0. The van der Waals surface area contributed by atoms with Crippen molar-refractivity contribution in [3.8, 4) is 11.5 Å². The largest absolute Gasteiger partial charge is 0.493 e. The monoisotopic (exact) mass is 347 g/mol. The third-order valence-electron chi connectivity index (χ3n) is 3.19. The molecule has 2 aromatic carbocycles. The zero-order chi connectivity index (χ0) is 18.4. The van der Waals surface area contributed by atoms with Gasteiger partial charge in [0.05, 0.1) is 13.2 Å². The number of hydrogen-bond acceptors (Lipinski definition) is 3. The Morgan fingerprint density at radius 3 is 2.40 bits per heavy atom. The molecule has 25 heavy (non-hydrogen) atoms. The molecule has 0 fully saturated rings. The lowest BCUT2D eigenvalue weighted by Crippen LogP contribution is -2.10. The second-order valence-electron chi connectivity index (χ2n) is 5.50. The Morgan fingerprint density at radius 1 is 1.12 bits per heavy atom. The number of halogens is 2.